The Morgan fingerprint density at radius 1 is 0.778 bits per heavy atom. The zero-order valence-corrected chi connectivity index (χ0v) is 15.0. The molecule has 0 bridgehead atoms. The molecule has 134 valence electrons. The van der Waals surface area contributed by atoms with Crippen molar-refractivity contribution in [3.8, 4) is 0 Å². The topological polar surface area (TPSA) is 53.6 Å². The third kappa shape index (κ3) is 3.24. The van der Waals surface area contributed by atoms with Gasteiger partial charge in [-0.2, -0.15) is 0 Å². The summed E-state index contributed by atoms with van der Waals surface area (Å²) in [4.78, 5) is 12.7. The number of hydrogen-bond acceptors (Lipinski definition) is 3. The van der Waals surface area contributed by atoms with Crippen LogP contribution in [0.2, 0.25) is 0 Å². The molecule has 4 nitrogen and oxygen atoms in total. The van der Waals surface area contributed by atoms with Crippen LogP contribution in [0.3, 0.4) is 0 Å². The van der Waals surface area contributed by atoms with E-state index >= 15 is 0 Å². The Kier molecular flexibility index (Phi) is 4.18. The predicted octanol–water partition coefficient (Wildman–Crippen LogP) is 4.91. The van der Waals surface area contributed by atoms with Crippen molar-refractivity contribution in [1.29, 1.82) is 0 Å². The molecule has 4 heteroatoms. The Bertz CT molecular complexity index is 978. The van der Waals surface area contributed by atoms with Gasteiger partial charge in [0.25, 0.3) is 0 Å². The Morgan fingerprint density at radius 3 is 2.04 bits per heavy atom. The number of piperidine rings is 1. The molecular formula is C23H22N4. The molecule has 2 unspecified atom stereocenters. The highest BCUT2D eigenvalue weighted by atomic mass is 15.0. The van der Waals surface area contributed by atoms with Gasteiger partial charge in [0.15, 0.2) is 0 Å². The third-order valence-electron chi connectivity index (χ3n) is 5.53. The average molecular weight is 354 g/mol. The van der Waals surface area contributed by atoms with E-state index in [0.717, 1.165) is 29.7 Å². The van der Waals surface area contributed by atoms with Gasteiger partial charge in [-0.1, -0.05) is 60.7 Å². The quantitative estimate of drug-likeness (QED) is 0.550. The first-order chi connectivity index (χ1) is 13.4. The lowest BCUT2D eigenvalue weighted by atomic mass is 9.82. The van der Waals surface area contributed by atoms with Crippen molar-refractivity contribution in [1.82, 2.24) is 20.3 Å². The summed E-state index contributed by atoms with van der Waals surface area (Å²) in [6, 6.07) is 24.0. The lowest BCUT2D eigenvalue weighted by Gasteiger charge is -2.36. The molecule has 5 rings (SSSR count). The van der Waals surface area contributed by atoms with Crippen LogP contribution in [-0.4, -0.2) is 15.0 Å². The minimum atomic E-state index is 0.292. The molecule has 1 aliphatic heterocycles. The number of nitrogens with one attached hydrogen (secondary N) is 2. The molecule has 3 heterocycles. The molecule has 1 fully saturated rings. The van der Waals surface area contributed by atoms with Crippen LogP contribution in [0, 0.1) is 0 Å². The fraction of sp³-hybridized carbons (Fsp3) is 0.217. The van der Waals surface area contributed by atoms with E-state index in [0.29, 0.717) is 18.0 Å². The van der Waals surface area contributed by atoms with Gasteiger partial charge < -0.3 is 10.3 Å². The van der Waals surface area contributed by atoms with E-state index < -0.39 is 0 Å². The Balaban J connectivity index is 1.51. The SMILES string of the molecule is c1ccc(C2CC(c3ncc4[nH]ccc4n3)CC(c3ccccc3)N2)cc1. The molecular weight excluding hydrogens is 332 g/mol. The summed E-state index contributed by atoms with van der Waals surface area (Å²) < 4.78 is 0. The van der Waals surface area contributed by atoms with Crippen molar-refractivity contribution in [2.45, 2.75) is 30.8 Å². The van der Waals surface area contributed by atoms with Gasteiger partial charge in [-0.25, -0.2) is 9.97 Å². The number of aromatic nitrogens is 3. The predicted molar refractivity (Wildman–Crippen MR) is 107 cm³/mol. The van der Waals surface area contributed by atoms with E-state index in [1.54, 1.807) is 0 Å². The summed E-state index contributed by atoms with van der Waals surface area (Å²) in [6.45, 7) is 0. The van der Waals surface area contributed by atoms with Gasteiger partial charge in [0.1, 0.15) is 5.82 Å². The minimum absolute atomic E-state index is 0.292. The number of hydrogen-bond donors (Lipinski definition) is 2. The molecule has 27 heavy (non-hydrogen) atoms. The molecule has 2 N–H and O–H groups in total. The molecule has 0 aliphatic carbocycles. The monoisotopic (exact) mass is 354 g/mol. The summed E-state index contributed by atoms with van der Waals surface area (Å²) in [5, 5.41) is 3.86. The summed E-state index contributed by atoms with van der Waals surface area (Å²) in [6.07, 6.45) is 5.84. The standard InChI is InChI=1S/C23H22N4/c1-3-7-16(8-4-1)20-13-18(14-21(26-20)17-9-5-2-6-10-17)23-25-15-22-19(27-23)11-12-24-22/h1-12,15,18,20-21,24,26H,13-14H2. The van der Waals surface area contributed by atoms with E-state index in [1.807, 2.05) is 18.5 Å². The Hall–Kier alpha value is -2.98. The summed E-state index contributed by atoms with van der Waals surface area (Å²) in [7, 11) is 0. The van der Waals surface area contributed by atoms with Gasteiger partial charge in [0.05, 0.1) is 17.2 Å². The van der Waals surface area contributed by atoms with Crippen molar-refractivity contribution in [3.63, 3.8) is 0 Å². The van der Waals surface area contributed by atoms with Crippen LogP contribution in [0.1, 0.15) is 47.8 Å². The number of nitrogens with zero attached hydrogens (tertiary/aromatic N) is 2. The van der Waals surface area contributed by atoms with E-state index in [1.165, 1.54) is 11.1 Å². The van der Waals surface area contributed by atoms with Gasteiger partial charge in [0, 0.05) is 24.2 Å². The fourth-order valence-corrected chi connectivity index (χ4v) is 4.14. The average Bonchev–Trinajstić information content (AvgIpc) is 3.22. The summed E-state index contributed by atoms with van der Waals surface area (Å²) in [5.41, 5.74) is 4.63. The van der Waals surface area contributed by atoms with Crippen LogP contribution in [0.15, 0.2) is 79.1 Å². The van der Waals surface area contributed by atoms with E-state index in [-0.39, 0.29) is 0 Å². The van der Waals surface area contributed by atoms with Gasteiger partial charge in [-0.05, 0) is 30.0 Å². The van der Waals surface area contributed by atoms with Crippen molar-refractivity contribution in [2.75, 3.05) is 0 Å². The number of H-pyrrole nitrogens is 1. The minimum Gasteiger partial charge on any atom is -0.359 e. The molecule has 1 saturated heterocycles. The smallest absolute Gasteiger partial charge is 0.132 e. The molecule has 2 aromatic carbocycles. The zero-order chi connectivity index (χ0) is 18.1. The first kappa shape index (κ1) is 16.2. The van der Waals surface area contributed by atoms with Gasteiger partial charge in [-0.3, -0.25) is 0 Å². The van der Waals surface area contributed by atoms with Crippen LogP contribution >= 0.6 is 0 Å². The first-order valence-electron chi connectivity index (χ1n) is 9.53. The second-order valence-corrected chi connectivity index (χ2v) is 7.27. The first-order valence-corrected chi connectivity index (χ1v) is 9.53. The molecule has 0 saturated carbocycles. The summed E-state index contributed by atoms with van der Waals surface area (Å²) in [5.74, 6) is 1.27. The molecule has 0 spiro atoms. The molecule has 2 atom stereocenters. The van der Waals surface area contributed by atoms with E-state index in [9.17, 15) is 0 Å². The molecule has 1 aliphatic rings. The second kappa shape index (κ2) is 6.97. The number of benzene rings is 2. The highest BCUT2D eigenvalue weighted by Crippen LogP contribution is 2.40. The van der Waals surface area contributed by atoms with E-state index in [2.05, 4.69) is 75.9 Å². The Labute approximate surface area is 158 Å². The number of aromatic amines is 1. The largest absolute Gasteiger partial charge is 0.359 e. The lowest BCUT2D eigenvalue weighted by Crippen LogP contribution is -2.34. The summed E-state index contributed by atoms with van der Waals surface area (Å²) >= 11 is 0. The normalized spacial score (nSPS) is 22.7. The highest BCUT2D eigenvalue weighted by Gasteiger charge is 2.32. The van der Waals surface area contributed by atoms with Crippen molar-refractivity contribution in [2.24, 2.45) is 0 Å². The lowest BCUT2D eigenvalue weighted by molar-refractivity contribution is 0.290. The fourth-order valence-electron chi connectivity index (χ4n) is 4.14. The number of rotatable bonds is 3. The van der Waals surface area contributed by atoms with Crippen LogP contribution in [0.25, 0.3) is 11.0 Å². The zero-order valence-electron chi connectivity index (χ0n) is 15.0. The van der Waals surface area contributed by atoms with Gasteiger partial charge in [0.2, 0.25) is 0 Å². The molecule has 0 radical (unpaired) electrons. The van der Waals surface area contributed by atoms with Gasteiger partial charge >= 0.3 is 0 Å². The van der Waals surface area contributed by atoms with Crippen molar-refractivity contribution < 1.29 is 0 Å². The van der Waals surface area contributed by atoms with Crippen molar-refractivity contribution in [3.05, 3.63) is 96.1 Å². The maximum absolute atomic E-state index is 4.84. The van der Waals surface area contributed by atoms with Gasteiger partial charge in [-0.15, -0.1) is 0 Å². The van der Waals surface area contributed by atoms with Crippen LogP contribution in [0.5, 0.6) is 0 Å². The maximum Gasteiger partial charge on any atom is 0.132 e. The van der Waals surface area contributed by atoms with Crippen LogP contribution in [-0.2, 0) is 0 Å². The number of fused-ring (bicyclic) bond motifs is 1. The van der Waals surface area contributed by atoms with Crippen molar-refractivity contribution >= 4 is 11.0 Å². The molecule has 4 aromatic rings. The van der Waals surface area contributed by atoms with Crippen LogP contribution in [0.4, 0.5) is 0 Å². The third-order valence-corrected chi connectivity index (χ3v) is 5.53. The maximum atomic E-state index is 4.84. The highest BCUT2D eigenvalue weighted by molar-refractivity contribution is 5.73. The Morgan fingerprint density at radius 2 is 1.41 bits per heavy atom. The van der Waals surface area contributed by atoms with Crippen LogP contribution < -0.4 is 5.32 Å². The molecule has 2 aromatic heterocycles. The van der Waals surface area contributed by atoms with E-state index in [4.69, 9.17) is 4.98 Å². The second-order valence-electron chi connectivity index (χ2n) is 7.27. The molecule has 0 amide bonds.